The average molecular weight is 398 g/mol. The predicted molar refractivity (Wildman–Crippen MR) is 104 cm³/mol. The lowest BCUT2D eigenvalue weighted by Crippen LogP contribution is -2.20. The number of rotatable bonds is 6. The molecule has 0 saturated heterocycles. The van der Waals surface area contributed by atoms with Gasteiger partial charge in [-0.25, -0.2) is 10.4 Å². The summed E-state index contributed by atoms with van der Waals surface area (Å²) in [6, 6.07) is 10.3. The van der Waals surface area contributed by atoms with Crippen LogP contribution in [0.5, 0.6) is 5.75 Å². The zero-order chi connectivity index (χ0) is 20.3. The number of benzene rings is 2. The fourth-order valence-corrected chi connectivity index (χ4v) is 3.38. The van der Waals surface area contributed by atoms with Gasteiger partial charge in [0, 0.05) is 13.1 Å². The van der Waals surface area contributed by atoms with Crippen LogP contribution in [0.25, 0.3) is 11.0 Å². The number of amides is 1. The van der Waals surface area contributed by atoms with Gasteiger partial charge in [-0.2, -0.15) is 5.10 Å². The third-order valence-electron chi connectivity index (χ3n) is 3.91. The maximum atomic E-state index is 12.0. The summed E-state index contributed by atoms with van der Waals surface area (Å²) in [5.41, 5.74) is 4.19. The number of para-hydroxylation sites is 2. The molecule has 0 atom stereocenters. The molecule has 0 fully saturated rings. The maximum Gasteiger partial charge on any atom is 0.262 e. The van der Waals surface area contributed by atoms with Crippen molar-refractivity contribution in [2.45, 2.75) is 12.1 Å². The lowest BCUT2D eigenvalue weighted by molar-refractivity contribution is -0.398. The number of nitro groups is 1. The van der Waals surface area contributed by atoms with E-state index in [1.807, 2.05) is 35.9 Å². The molecular weight excluding hydrogens is 382 g/mol. The molecule has 1 N–H and O–H groups in total. The number of hydrogen-bond donors (Lipinski definition) is 1. The Morgan fingerprint density at radius 2 is 2.14 bits per heavy atom. The number of hydrazone groups is 1. The van der Waals surface area contributed by atoms with E-state index >= 15 is 0 Å². The van der Waals surface area contributed by atoms with Crippen LogP contribution in [0.3, 0.4) is 0 Å². The quantitative estimate of drug-likeness (QED) is 0.293. The van der Waals surface area contributed by atoms with Gasteiger partial charge in [0.05, 0.1) is 27.9 Å². The van der Waals surface area contributed by atoms with Crippen molar-refractivity contribution in [2.24, 2.45) is 12.1 Å². The van der Waals surface area contributed by atoms with Crippen molar-refractivity contribution in [1.82, 2.24) is 15.0 Å². The van der Waals surface area contributed by atoms with Crippen LogP contribution in [0, 0.1) is 17.0 Å². The van der Waals surface area contributed by atoms with Crippen LogP contribution >= 0.6 is 11.8 Å². The number of nitrogens with zero attached hydrogens (tertiary/aromatic N) is 4. The molecule has 1 heterocycles. The van der Waals surface area contributed by atoms with Crippen LogP contribution in [0.2, 0.25) is 0 Å². The molecule has 0 aliphatic carbocycles. The monoisotopic (exact) mass is 398 g/mol. The minimum absolute atomic E-state index is 0.0370. The first-order chi connectivity index (χ1) is 13.4. The van der Waals surface area contributed by atoms with E-state index < -0.39 is 16.4 Å². The molecule has 3 rings (SSSR count). The number of nitrogens with one attached hydrogen (secondary N) is 1. The Hall–Kier alpha value is -3.40. The molecule has 0 aliphatic rings. The van der Waals surface area contributed by atoms with Crippen LogP contribution < -0.4 is 10.5 Å². The Morgan fingerprint density at radius 3 is 2.86 bits per heavy atom. The Balaban J connectivity index is 1.63. The van der Waals surface area contributed by atoms with E-state index in [1.165, 1.54) is 23.9 Å². The number of thioether (sulfide) groups is 1. The van der Waals surface area contributed by atoms with Crippen molar-refractivity contribution in [3.05, 3.63) is 57.6 Å². The number of nitro benzene ring substituents is 1. The van der Waals surface area contributed by atoms with E-state index in [2.05, 4.69) is 15.5 Å². The molecular formula is C18H16N5O4S-. The van der Waals surface area contributed by atoms with Gasteiger partial charge in [0.2, 0.25) is 0 Å². The lowest BCUT2D eigenvalue weighted by atomic mass is 10.1. The molecule has 0 spiro atoms. The first-order valence-electron chi connectivity index (χ1n) is 8.19. The molecule has 9 nitrogen and oxygen atoms in total. The molecule has 3 aromatic rings. The van der Waals surface area contributed by atoms with Crippen molar-refractivity contribution in [3.63, 3.8) is 0 Å². The van der Waals surface area contributed by atoms with E-state index in [9.17, 15) is 20.0 Å². The number of aromatic nitrogens is 2. The number of fused-ring (bicyclic) bond motifs is 1. The van der Waals surface area contributed by atoms with E-state index in [4.69, 9.17) is 0 Å². The number of carbonyl (C=O) groups excluding carboxylic acids is 1. The van der Waals surface area contributed by atoms with Crippen LogP contribution in [-0.2, 0) is 11.8 Å². The number of imidazole rings is 1. The second-order valence-corrected chi connectivity index (χ2v) is 6.93. The highest BCUT2D eigenvalue weighted by Gasteiger charge is 2.11. The molecule has 28 heavy (non-hydrogen) atoms. The first kappa shape index (κ1) is 19.4. The standard InChI is InChI=1S/C18H17N5O4S/c1-11-7-12(17(25)15(8-11)23(26)27)9-19-21-16(24)10-28-18-20-13-5-3-4-6-14(13)22(18)2/h3-9,25H,10H2,1-2H3,(H,21,24)/p-1/b19-9-. The normalized spacial score (nSPS) is 11.2. The lowest BCUT2D eigenvalue weighted by Gasteiger charge is -2.11. The van der Waals surface area contributed by atoms with E-state index in [0.29, 0.717) is 10.7 Å². The van der Waals surface area contributed by atoms with Gasteiger partial charge in [0.25, 0.3) is 11.6 Å². The number of aryl methyl sites for hydroxylation is 2. The van der Waals surface area contributed by atoms with E-state index in [0.717, 1.165) is 17.2 Å². The third kappa shape index (κ3) is 4.12. The SMILES string of the molecule is Cc1cc(/C=N\NC(=O)CSc2nc3ccccc3n2C)c([O-])c([N+](=O)[O-])c1. The molecule has 144 valence electrons. The van der Waals surface area contributed by atoms with Gasteiger partial charge in [-0.1, -0.05) is 30.0 Å². The topological polar surface area (TPSA) is 125 Å². The van der Waals surface area contributed by atoms with Crippen molar-refractivity contribution in [1.29, 1.82) is 0 Å². The van der Waals surface area contributed by atoms with Crippen LogP contribution in [0.4, 0.5) is 5.69 Å². The van der Waals surface area contributed by atoms with Gasteiger partial charge in [0.1, 0.15) is 0 Å². The molecule has 1 aromatic heterocycles. The van der Waals surface area contributed by atoms with Crippen molar-refractivity contribution >= 4 is 40.6 Å². The fourth-order valence-electron chi connectivity index (χ4n) is 2.60. The molecule has 0 unspecified atom stereocenters. The Bertz CT molecular complexity index is 1090. The summed E-state index contributed by atoms with van der Waals surface area (Å²) in [7, 11) is 1.87. The van der Waals surface area contributed by atoms with Gasteiger partial charge < -0.3 is 9.67 Å². The van der Waals surface area contributed by atoms with Gasteiger partial charge in [-0.05, 0) is 35.9 Å². The molecule has 2 aromatic carbocycles. The highest BCUT2D eigenvalue weighted by molar-refractivity contribution is 7.99. The maximum absolute atomic E-state index is 12.0. The third-order valence-corrected chi connectivity index (χ3v) is 4.94. The minimum atomic E-state index is -0.748. The van der Waals surface area contributed by atoms with Gasteiger partial charge in [-0.3, -0.25) is 14.9 Å². The number of hydrogen-bond acceptors (Lipinski definition) is 7. The second kappa shape index (κ2) is 8.09. The zero-order valence-corrected chi connectivity index (χ0v) is 15.9. The summed E-state index contributed by atoms with van der Waals surface area (Å²) >= 11 is 1.25. The highest BCUT2D eigenvalue weighted by atomic mass is 32.2. The molecule has 0 saturated carbocycles. The van der Waals surface area contributed by atoms with Crippen molar-refractivity contribution in [3.8, 4) is 5.75 Å². The Kier molecular flexibility index (Phi) is 5.59. The average Bonchev–Trinajstić information content (AvgIpc) is 2.98. The summed E-state index contributed by atoms with van der Waals surface area (Å²) in [6.45, 7) is 1.63. The second-order valence-electron chi connectivity index (χ2n) is 5.98. The van der Waals surface area contributed by atoms with Crippen LogP contribution in [-0.4, -0.2) is 32.3 Å². The molecule has 0 radical (unpaired) electrons. The van der Waals surface area contributed by atoms with Crippen LogP contribution in [0.15, 0.2) is 46.7 Å². The Morgan fingerprint density at radius 1 is 1.39 bits per heavy atom. The summed E-state index contributed by atoms with van der Waals surface area (Å²) in [4.78, 5) is 26.6. The van der Waals surface area contributed by atoms with E-state index in [1.54, 1.807) is 6.92 Å². The molecule has 1 amide bonds. The number of carbonyl (C=O) groups is 1. The predicted octanol–water partition coefficient (Wildman–Crippen LogP) is 2.11. The van der Waals surface area contributed by atoms with Gasteiger partial charge in [-0.15, -0.1) is 0 Å². The van der Waals surface area contributed by atoms with Gasteiger partial charge in [0.15, 0.2) is 5.16 Å². The molecule has 10 heteroatoms. The van der Waals surface area contributed by atoms with Gasteiger partial charge >= 0.3 is 0 Å². The minimum Gasteiger partial charge on any atom is -0.867 e. The summed E-state index contributed by atoms with van der Waals surface area (Å²) in [5, 5.41) is 27.3. The first-order valence-corrected chi connectivity index (χ1v) is 9.17. The summed E-state index contributed by atoms with van der Waals surface area (Å²) < 4.78 is 1.89. The summed E-state index contributed by atoms with van der Waals surface area (Å²) in [5.74, 6) is -1.06. The fraction of sp³-hybridized carbons (Fsp3) is 0.167. The largest absolute Gasteiger partial charge is 0.867 e. The molecule has 0 aliphatic heterocycles. The molecule has 0 bridgehead atoms. The van der Waals surface area contributed by atoms with Crippen molar-refractivity contribution < 1.29 is 14.8 Å². The smallest absolute Gasteiger partial charge is 0.262 e. The highest BCUT2D eigenvalue weighted by Crippen LogP contribution is 2.27. The van der Waals surface area contributed by atoms with Crippen molar-refractivity contribution in [2.75, 3.05) is 5.75 Å². The Labute approximate surface area is 164 Å². The van der Waals surface area contributed by atoms with E-state index in [-0.39, 0.29) is 17.2 Å². The zero-order valence-electron chi connectivity index (χ0n) is 15.1. The summed E-state index contributed by atoms with van der Waals surface area (Å²) in [6.07, 6.45) is 1.11. The van der Waals surface area contributed by atoms with Crippen LogP contribution in [0.1, 0.15) is 11.1 Å².